The molecule has 0 saturated heterocycles. The summed E-state index contributed by atoms with van der Waals surface area (Å²) >= 11 is 6.36. The minimum absolute atomic E-state index is 0.0833. The standard InChI is InChI=1S/C24H31ClN4O.C8H14N2/c1-15(2)29-22-11-10-18(13-21(22)26-24(29)25)23(30)28(20-8-6-7-9-20)14-19-12-16(3)27(5)17(19)4;1-6-4-8(5-9)7(2)10(6)3/h10-13,15,20H,6-9,14H2,1-5H3;4H,5,9H2,1-3H3. The number of rotatable bonds is 6. The molecule has 1 aromatic carbocycles. The van der Waals surface area contributed by atoms with Gasteiger partial charge in [-0.15, -0.1) is 0 Å². The van der Waals surface area contributed by atoms with Gasteiger partial charge in [0.05, 0.1) is 11.0 Å². The van der Waals surface area contributed by atoms with E-state index in [1.807, 2.05) is 22.8 Å². The zero-order chi connectivity index (χ0) is 29.3. The number of hydrogen-bond donors (Lipinski definition) is 1. The number of imidazole rings is 1. The van der Waals surface area contributed by atoms with Crippen LogP contribution in [0.3, 0.4) is 0 Å². The Morgan fingerprint density at radius 2 is 1.57 bits per heavy atom. The summed E-state index contributed by atoms with van der Waals surface area (Å²) in [5.74, 6) is 0.0833. The number of nitrogens with zero attached hydrogens (tertiary/aromatic N) is 5. The Hall–Kier alpha value is -3.03. The molecule has 1 amide bonds. The van der Waals surface area contributed by atoms with Crippen LogP contribution in [0, 0.1) is 27.7 Å². The van der Waals surface area contributed by atoms with Crippen molar-refractivity contribution in [2.45, 2.75) is 92.4 Å². The predicted octanol–water partition coefficient (Wildman–Crippen LogP) is 6.91. The number of hydrogen-bond acceptors (Lipinski definition) is 3. The summed E-state index contributed by atoms with van der Waals surface area (Å²) in [5, 5.41) is 0.465. The molecule has 3 aromatic heterocycles. The van der Waals surface area contributed by atoms with Gasteiger partial charge in [-0.25, -0.2) is 4.98 Å². The average Bonchev–Trinajstić information content (AvgIpc) is 3.68. The molecule has 4 aromatic rings. The van der Waals surface area contributed by atoms with Crippen LogP contribution in [0.2, 0.25) is 5.28 Å². The minimum Gasteiger partial charge on any atom is -0.352 e. The molecule has 0 aliphatic heterocycles. The predicted molar refractivity (Wildman–Crippen MR) is 165 cm³/mol. The number of fused-ring (bicyclic) bond motifs is 1. The van der Waals surface area contributed by atoms with E-state index in [1.165, 1.54) is 46.7 Å². The molecule has 40 heavy (non-hydrogen) atoms. The maximum Gasteiger partial charge on any atom is 0.254 e. The van der Waals surface area contributed by atoms with Crippen LogP contribution in [0.1, 0.15) is 89.8 Å². The van der Waals surface area contributed by atoms with E-state index in [0.717, 1.165) is 23.9 Å². The maximum absolute atomic E-state index is 13.7. The van der Waals surface area contributed by atoms with E-state index in [2.05, 4.69) is 86.8 Å². The molecule has 0 spiro atoms. The molecule has 8 heteroatoms. The lowest BCUT2D eigenvalue weighted by Gasteiger charge is -2.29. The average molecular weight is 565 g/mol. The number of carbonyl (C=O) groups excluding carboxylic acids is 1. The van der Waals surface area contributed by atoms with Crippen molar-refractivity contribution < 1.29 is 4.79 Å². The number of benzene rings is 1. The van der Waals surface area contributed by atoms with Crippen molar-refractivity contribution in [1.82, 2.24) is 23.6 Å². The number of amides is 1. The molecule has 1 saturated carbocycles. The lowest BCUT2D eigenvalue weighted by Crippen LogP contribution is -2.38. The van der Waals surface area contributed by atoms with Crippen LogP contribution in [0.5, 0.6) is 0 Å². The number of aryl methyl sites for hydroxylation is 2. The minimum atomic E-state index is 0.0833. The van der Waals surface area contributed by atoms with E-state index < -0.39 is 0 Å². The smallest absolute Gasteiger partial charge is 0.254 e. The van der Waals surface area contributed by atoms with Crippen molar-refractivity contribution >= 4 is 28.5 Å². The van der Waals surface area contributed by atoms with E-state index in [0.29, 0.717) is 30.0 Å². The summed E-state index contributed by atoms with van der Waals surface area (Å²) in [6.07, 6.45) is 4.53. The van der Waals surface area contributed by atoms with Gasteiger partial charge in [-0.3, -0.25) is 4.79 Å². The fraction of sp³-hybridized carbons (Fsp3) is 0.500. The van der Waals surface area contributed by atoms with Crippen LogP contribution in [0.15, 0.2) is 30.3 Å². The summed E-state index contributed by atoms with van der Waals surface area (Å²) in [4.78, 5) is 20.2. The molecule has 0 bridgehead atoms. The second-order valence-electron chi connectivity index (χ2n) is 11.5. The molecule has 7 nitrogen and oxygen atoms in total. The summed E-state index contributed by atoms with van der Waals surface area (Å²) < 4.78 is 6.34. The van der Waals surface area contributed by atoms with Crippen molar-refractivity contribution in [2.24, 2.45) is 19.8 Å². The van der Waals surface area contributed by atoms with E-state index in [-0.39, 0.29) is 11.9 Å². The van der Waals surface area contributed by atoms with Gasteiger partial charge in [0, 0.05) is 67.6 Å². The molecule has 0 radical (unpaired) electrons. The van der Waals surface area contributed by atoms with Crippen molar-refractivity contribution in [1.29, 1.82) is 0 Å². The summed E-state index contributed by atoms with van der Waals surface area (Å²) in [5.41, 5.74) is 15.4. The third kappa shape index (κ3) is 5.86. The number of nitrogens with two attached hydrogens (primary N) is 1. The molecule has 1 fully saturated rings. The first kappa shape index (κ1) is 29.9. The molecule has 0 unspecified atom stereocenters. The highest BCUT2D eigenvalue weighted by molar-refractivity contribution is 6.29. The Morgan fingerprint density at radius 1 is 1.00 bits per heavy atom. The number of halogens is 1. The van der Waals surface area contributed by atoms with E-state index in [9.17, 15) is 4.79 Å². The van der Waals surface area contributed by atoms with Gasteiger partial charge in [-0.1, -0.05) is 12.8 Å². The first-order chi connectivity index (χ1) is 18.9. The number of carbonyl (C=O) groups is 1. The Kier molecular flexibility index (Phi) is 9.16. The molecular formula is C32H45ClN6O. The van der Waals surface area contributed by atoms with Gasteiger partial charge in [0.1, 0.15) is 0 Å². The molecule has 2 N–H and O–H groups in total. The van der Waals surface area contributed by atoms with E-state index in [1.54, 1.807) is 0 Å². The van der Waals surface area contributed by atoms with E-state index in [4.69, 9.17) is 17.3 Å². The van der Waals surface area contributed by atoms with Gasteiger partial charge >= 0.3 is 0 Å². The van der Waals surface area contributed by atoms with Gasteiger partial charge in [-0.2, -0.15) is 0 Å². The molecule has 1 aliphatic rings. The number of aromatic nitrogens is 4. The third-order valence-corrected chi connectivity index (χ3v) is 9.02. The molecule has 1 aliphatic carbocycles. The Morgan fingerprint density at radius 3 is 2.05 bits per heavy atom. The van der Waals surface area contributed by atoms with Gasteiger partial charge < -0.3 is 24.3 Å². The second kappa shape index (κ2) is 12.2. The first-order valence-corrected chi connectivity index (χ1v) is 14.7. The highest BCUT2D eigenvalue weighted by Gasteiger charge is 2.29. The van der Waals surface area contributed by atoms with Gasteiger partial charge in [0.2, 0.25) is 5.28 Å². The molecule has 216 valence electrons. The van der Waals surface area contributed by atoms with Crippen LogP contribution in [0.25, 0.3) is 11.0 Å². The summed E-state index contributed by atoms with van der Waals surface area (Å²) in [6, 6.07) is 10.6. The molecular weight excluding hydrogens is 520 g/mol. The topological polar surface area (TPSA) is 74.0 Å². The highest BCUT2D eigenvalue weighted by Crippen LogP contribution is 2.30. The fourth-order valence-corrected chi connectivity index (χ4v) is 6.24. The van der Waals surface area contributed by atoms with E-state index >= 15 is 0 Å². The van der Waals surface area contributed by atoms with Crippen LogP contribution < -0.4 is 5.73 Å². The Bertz CT molecular complexity index is 1500. The molecule has 0 atom stereocenters. The molecule has 3 heterocycles. The van der Waals surface area contributed by atoms with Gasteiger partial charge in [0.15, 0.2) is 0 Å². The van der Waals surface area contributed by atoms with Gasteiger partial charge in [-0.05, 0) is 107 Å². The quantitative estimate of drug-likeness (QED) is 0.276. The third-order valence-electron chi connectivity index (χ3n) is 8.76. The summed E-state index contributed by atoms with van der Waals surface area (Å²) in [6.45, 7) is 13.9. The van der Waals surface area contributed by atoms with Crippen LogP contribution in [0.4, 0.5) is 0 Å². The lowest BCUT2D eigenvalue weighted by atomic mass is 10.1. The van der Waals surface area contributed by atoms with Gasteiger partial charge in [0.25, 0.3) is 5.91 Å². The largest absolute Gasteiger partial charge is 0.352 e. The van der Waals surface area contributed by atoms with Crippen molar-refractivity contribution in [3.05, 3.63) is 75.1 Å². The monoisotopic (exact) mass is 564 g/mol. The van der Waals surface area contributed by atoms with Crippen molar-refractivity contribution in [3.8, 4) is 0 Å². The van der Waals surface area contributed by atoms with Crippen LogP contribution in [-0.2, 0) is 27.2 Å². The fourth-order valence-electron chi connectivity index (χ4n) is 5.86. The maximum atomic E-state index is 13.7. The normalized spacial score (nSPS) is 13.8. The highest BCUT2D eigenvalue weighted by atomic mass is 35.5. The van der Waals surface area contributed by atoms with Crippen LogP contribution >= 0.6 is 11.6 Å². The van der Waals surface area contributed by atoms with Crippen LogP contribution in [-0.4, -0.2) is 35.5 Å². The zero-order valence-electron chi connectivity index (χ0n) is 25.4. The Labute approximate surface area is 243 Å². The molecule has 5 rings (SSSR count). The van der Waals surface area contributed by atoms with Crippen molar-refractivity contribution in [2.75, 3.05) is 0 Å². The SMILES string of the molecule is Cc1cc(CN(C(=O)c2ccc3c(c2)nc(Cl)n3C(C)C)C2CCCC2)c(C)n1C.Cc1cc(CN)c(C)n1C. The lowest BCUT2D eigenvalue weighted by molar-refractivity contribution is 0.0664. The first-order valence-electron chi connectivity index (χ1n) is 14.4. The zero-order valence-corrected chi connectivity index (χ0v) is 26.1. The summed E-state index contributed by atoms with van der Waals surface area (Å²) in [7, 11) is 4.14. The Balaban J connectivity index is 0.000000312. The second-order valence-corrected chi connectivity index (χ2v) is 11.9. The van der Waals surface area contributed by atoms with Crippen molar-refractivity contribution in [3.63, 3.8) is 0 Å².